The molecule has 23 heavy (non-hydrogen) atoms. The Morgan fingerprint density at radius 3 is 2.57 bits per heavy atom. The minimum atomic E-state index is -3.23. The summed E-state index contributed by atoms with van der Waals surface area (Å²) in [6.45, 7) is 5.51. The number of carbonyl (C=O) groups is 1. The standard InChI is InChI=1S/C17H26N2O3S/c1-17(2,15-9-5-4-6-10-15)13-18-16(20)14-8-7-11-19(12-14)23(3,21)22/h4-6,9-10,14H,7-8,11-13H2,1-3H3,(H,18,20)/t14-/m1/s1. The topological polar surface area (TPSA) is 66.5 Å². The molecule has 0 aromatic heterocycles. The van der Waals surface area contributed by atoms with Gasteiger partial charge in [0.1, 0.15) is 0 Å². The third-order valence-electron chi connectivity index (χ3n) is 4.48. The van der Waals surface area contributed by atoms with Crippen molar-refractivity contribution in [2.75, 3.05) is 25.9 Å². The number of sulfonamides is 1. The lowest BCUT2D eigenvalue weighted by Gasteiger charge is -2.31. The number of hydrogen-bond donors (Lipinski definition) is 1. The zero-order valence-corrected chi connectivity index (χ0v) is 14.9. The van der Waals surface area contributed by atoms with Crippen LogP contribution in [0.15, 0.2) is 30.3 Å². The first-order valence-corrected chi connectivity index (χ1v) is 9.83. The van der Waals surface area contributed by atoms with E-state index in [-0.39, 0.29) is 23.8 Å². The van der Waals surface area contributed by atoms with Crippen molar-refractivity contribution in [3.05, 3.63) is 35.9 Å². The van der Waals surface area contributed by atoms with E-state index in [0.29, 0.717) is 13.1 Å². The molecular weight excluding hydrogens is 312 g/mol. The molecule has 0 spiro atoms. The molecule has 2 rings (SSSR count). The van der Waals surface area contributed by atoms with Gasteiger partial charge in [0, 0.05) is 25.0 Å². The Kier molecular flexibility index (Phi) is 5.47. The zero-order chi connectivity index (χ0) is 17.1. The van der Waals surface area contributed by atoms with Gasteiger partial charge in [-0.15, -0.1) is 0 Å². The average Bonchev–Trinajstić information content (AvgIpc) is 2.53. The van der Waals surface area contributed by atoms with Crippen molar-refractivity contribution >= 4 is 15.9 Å². The van der Waals surface area contributed by atoms with E-state index in [4.69, 9.17) is 0 Å². The van der Waals surface area contributed by atoms with Gasteiger partial charge < -0.3 is 5.32 Å². The summed E-state index contributed by atoms with van der Waals surface area (Å²) in [5.74, 6) is -0.313. The molecule has 5 nitrogen and oxygen atoms in total. The van der Waals surface area contributed by atoms with E-state index in [9.17, 15) is 13.2 Å². The minimum absolute atomic E-state index is 0.0534. The maximum Gasteiger partial charge on any atom is 0.224 e. The molecule has 0 radical (unpaired) electrons. The summed E-state index contributed by atoms with van der Waals surface area (Å²) in [5, 5.41) is 3.00. The predicted octanol–water partition coefficient (Wildman–Crippen LogP) is 1.75. The van der Waals surface area contributed by atoms with Crippen LogP contribution >= 0.6 is 0 Å². The molecule has 1 aliphatic rings. The number of benzene rings is 1. The lowest BCUT2D eigenvalue weighted by atomic mass is 9.84. The van der Waals surface area contributed by atoms with E-state index >= 15 is 0 Å². The Morgan fingerprint density at radius 2 is 1.96 bits per heavy atom. The van der Waals surface area contributed by atoms with Gasteiger partial charge in [-0.2, -0.15) is 0 Å². The number of nitrogens with zero attached hydrogens (tertiary/aromatic N) is 1. The second kappa shape index (κ2) is 7.01. The smallest absolute Gasteiger partial charge is 0.224 e. The summed E-state index contributed by atoms with van der Waals surface area (Å²) in [4.78, 5) is 12.4. The zero-order valence-electron chi connectivity index (χ0n) is 14.1. The molecule has 1 heterocycles. The molecular formula is C17H26N2O3S. The summed E-state index contributed by atoms with van der Waals surface area (Å²) in [5.41, 5.74) is 1.00. The van der Waals surface area contributed by atoms with Gasteiger partial charge in [0.05, 0.1) is 12.2 Å². The Balaban J connectivity index is 1.94. The van der Waals surface area contributed by atoms with E-state index in [1.54, 1.807) is 0 Å². The van der Waals surface area contributed by atoms with Crippen molar-refractivity contribution in [2.24, 2.45) is 5.92 Å². The van der Waals surface area contributed by atoms with Gasteiger partial charge in [-0.25, -0.2) is 12.7 Å². The highest BCUT2D eigenvalue weighted by molar-refractivity contribution is 7.88. The van der Waals surface area contributed by atoms with Crippen LogP contribution in [0.1, 0.15) is 32.3 Å². The van der Waals surface area contributed by atoms with Gasteiger partial charge in [-0.1, -0.05) is 44.2 Å². The van der Waals surface area contributed by atoms with Crippen LogP contribution in [-0.4, -0.2) is 44.5 Å². The highest BCUT2D eigenvalue weighted by Crippen LogP contribution is 2.23. The third kappa shape index (κ3) is 4.78. The van der Waals surface area contributed by atoms with E-state index in [1.807, 2.05) is 18.2 Å². The van der Waals surface area contributed by atoms with Crippen LogP contribution in [0, 0.1) is 5.92 Å². The Hall–Kier alpha value is -1.40. The first kappa shape index (κ1) is 17.9. The van der Waals surface area contributed by atoms with Crippen LogP contribution in [0.2, 0.25) is 0 Å². The fourth-order valence-corrected chi connectivity index (χ4v) is 3.81. The first-order valence-electron chi connectivity index (χ1n) is 7.98. The molecule has 0 saturated carbocycles. The van der Waals surface area contributed by atoms with Crippen molar-refractivity contribution in [3.63, 3.8) is 0 Å². The summed E-state index contributed by atoms with van der Waals surface area (Å²) in [6, 6.07) is 10.1. The van der Waals surface area contributed by atoms with Crippen molar-refractivity contribution < 1.29 is 13.2 Å². The van der Waals surface area contributed by atoms with Gasteiger partial charge in [-0.05, 0) is 18.4 Å². The van der Waals surface area contributed by atoms with Gasteiger partial charge in [-0.3, -0.25) is 4.79 Å². The highest BCUT2D eigenvalue weighted by atomic mass is 32.2. The van der Waals surface area contributed by atoms with Crippen LogP contribution in [0.25, 0.3) is 0 Å². The van der Waals surface area contributed by atoms with Crippen LogP contribution < -0.4 is 5.32 Å². The second-order valence-corrected chi connectivity index (χ2v) is 8.91. The fourth-order valence-electron chi connectivity index (χ4n) is 2.90. The average molecular weight is 338 g/mol. The Labute approximate surface area is 139 Å². The fraction of sp³-hybridized carbons (Fsp3) is 0.588. The van der Waals surface area contributed by atoms with Crippen LogP contribution in [0.5, 0.6) is 0 Å². The normalized spacial score (nSPS) is 20.2. The molecule has 1 aromatic rings. The number of rotatable bonds is 5. The Bertz CT molecular complexity index is 641. The number of piperidine rings is 1. The van der Waals surface area contributed by atoms with Gasteiger partial charge >= 0.3 is 0 Å². The SMILES string of the molecule is CC(C)(CNC(=O)[C@@H]1CCCN(S(C)(=O)=O)C1)c1ccccc1. The molecule has 6 heteroatoms. The van der Waals surface area contributed by atoms with Gasteiger partial charge in [0.25, 0.3) is 0 Å². The molecule has 0 unspecified atom stereocenters. The quantitative estimate of drug-likeness (QED) is 0.889. The Morgan fingerprint density at radius 1 is 1.30 bits per heavy atom. The van der Waals surface area contributed by atoms with Gasteiger partial charge in [0.15, 0.2) is 0 Å². The van der Waals surface area contributed by atoms with Crippen LogP contribution in [0.3, 0.4) is 0 Å². The van der Waals surface area contributed by atoms with E-state index < -0.39 is 10.0 Å². The lowest BCUT2D eigenvalue weighted by molar-refractivity contribution is -0.126. The van der Waals surface area contributed by atoms with Crippen LogP contribution in [0.4, 0.5) is 0 Å². The molecule has 0 aliphatic carbocycles. The summed E-state index contributed by atoms with van der Waals surface area (Å²) < 4.78 is 24.7. The first-order chi connectivity index (χ1) is 10.7. The van der Waals surface area contributed by atoms with Crippen molar-refractivity contribution in [3.8, 4) is 0 Å². The molecule has 1 fully saturated rings. The molecule has 1 atom stereocenters. The molecule has 128 valence electrons. The van der Waals surface area contributed by atoms with Crippen LogP contribution in [-0.2, 0) is 20.2 Å². The molecule has 1 aromatic carbocycles. The maximum absolute atomic E-state index is 12.4. The molecule has 1 N–H and O–H groups in total. The van der Waals surface area contributed by atoms with Gasteiger partial charge in [0.2, 0.25) is 15.9 Å². The second-order valence-electron chi connectivity index (χ2n) is 6.93. The van der Waals surface area contributed by atoms with Crippen molar-refractivity contribution in [2.45, 2.75) is 32.1 Å². The molecule has 1 saturated heterocycles. The van der Waals surface area contributed by atoms with Crippen molar-refractivity contribution in [1.82, 2.24) is 9.62 Å². The number of amides is 1. The van der Waals surface area contributed by atoms with E-state index in [1.165, 1.54) is 16.1 Å². The predicted molar refractivity (Wildman–Crippen MR) is 91.6 cm³/mol. The summed E-state index contributed by atoms with van der Waals surface area (Å²) >= 11 is 0. The summed E-state index contributed by atoms with van der Waals surface area (Å²) in [6.07, 6.45) is 2.67. The third-order valence-corrected chi connectivity index (χ3v) is 5.75. The maximum atomic E-state index is 12.4. The number of carbonyl (C=O) groups excluding carboxylic acids is 1. The largest absolute Gasteiger partial charge is 0.355 e. The minimum Gasteiger partial charge on any atom is -0.355 e. The molecule has 0 bridgehead atoms. The number of hydrogen-bond acceptors (Lipinski definition) is 3. The highest BCUT2D eigenvalue weighted by Gasteiger charge is 2.31. The van der Waals surface area contributed by atoms with E-state index in [2.05, 4.69) is 31.3 Å². The summed E-state index contributed by atoms with van der Waals surface area (Å²) in [7, 11) is -3.23. The number of nitrogens with one attached hydrogen (secondary N) is 1. The van der Waals surface area contributed by atoms with E-state index in [0.717, 1.165) is 12.8 Å². The molecule has 1 amide bonds. The van der Waals surface area contributed by atoms with Crippen molar-refractivity contribution in [1.29, 1.82) is 0 Å². The lowest BCUT2D eigenvalue weighted by Crippen LogP contribution is -2.47. The molecule has 1 aliphatic heterocycles. The monoisotopic (exact) mass is 338 g/mol.